The topological polar surface area (TPSA) is 102 Å². The Labute approximate surface area is 226 Å². The largest absolute Gasteiger partial charge is 0.482 e. The summed E-state index contributed by atoms with van der Waals surface area (Å²) in [6.07, 6.45) is 2.14. The first-order valence-electron chi connectivity index (χ1n) is 12.4. The molecule has 1 heterocycles. The molecule has 0 aromatic heterocycles. The van der Waals surface area contributed by atoms with Crippen LogP contribution in [0.25, 0.3) is 0 Å². The lowest BCUT2D eigenvalue weighted by molar-refractivity contribution is -0.146. The average Bonchev–Trinajstić information content (AvgIpc) is 3.60. The number of halogens is 1. The summed E-state index contributed by atoms with van der Waals surface area (Å²) in [4.78, 5) is 24.8. The van der Waals surface area contributed by atoms with E-state index in [0.717, 1.165) is 24.0 Å². The van der Waals surface area contributed by atoms with Crippen LogP contribution in [-0.4, -0.2) is 40.1 Å². The molecule has 1 amide bonds. The number of nitrogens with one attached hydrogen (secondary N) is 1. The van der Waals surface area contributed by atoms with Crippen LogP contribution in [0.1, 0.15) is 30.9 Å². The Balaban J connectivity index is 1.19. The van der Waals surface area contributed by atoms with E-state index in [2.05, 4.69) is 5.32 Å². The lowest BCUT2D eigenvalue weighted by atomic mass is 9.96. The van der Waals surface area contributed by atoms with E-state index < -0.39 is 21.3 Å². The summed E-state index contributed by atoms with van der Waals surface area (Å²) < 4.78 is 38.6. The van der Waals surface area contributed by atoms with Gasteiger partial charge in [0.2, 0.25) is 0 Å². The number of rotatable bonds is 9. The molecule has 0 saturated heterocycles. The lowest BCUT2D eigenvalue weighted by Gasteiger charge is -2.20. The van der Waals surface area contributed by atoms with Gasteiger partial charge in [-0.05, 0) is 73.7 Å². The first kappa shape index (κ1) is 26.1. The molecule has 1 aliphatic carbocycles. The van der Waals surface area contributed by atoms with Crippen molar-refractivity contribution >= 4 is 44.9 Å². The molecule has 0 bridgehead atoms. The van der Waals surface area contributed by atoms with Crippen LogP contribution < -0.4 is 14.4 Å². The molecule has 0 spiro atoms. The van der Waals surface area contributed by atoms with Gasteiger partial charge in [-0.25, -0.2) is 8.42 Å². The zero-order chi connectivity index (χ0) is 26.9. The van der Waals surface area contributed by atoms with Crippen molar-refractivity contribution in [3.8, 4) is 5.75 Å². The summed E-state index contributed by atoms with van der Waals surface area (Å²) in [7, 11) is -3.80. The molecule has 2 aliphatic rings. The molecule has 3 aromatic rings. The van der Waals surface area contributed by atoms with Crippen molar-refractivity contribution in [2.45, 2.75) is 36.5 Å². The first-order chi connectivity index (χ1) is 18.2. The summed E-state index contributed by atoms with van der Waals surface area (Å²) in [5.74, 6) is -0.431. The Morgan fingerprint density at radius 3 is 2.47 bits per heavy atom. The summed E-state index contributed by atoms with van der Waals surface area (Å²) in [5.41, 5.74) is 2.50. The fourth-order valence-electron chi connectivity index (χ4n) is 4.66. The maximum atomic E-state index is 13.2. The number of benzene rings is 3. The van der Waals surface area contributed by atoms with Gasteiger partial charge >= 0.3 is 5.97 Å². The Hall–Kier alpha value is -3.56. The number of fused-ring (bicyclic) bond motifs is 1. The van der Waals surface area contributed by atoms with Crippen molar-refractivity contribution in [2.24, 2.45) is 0 Å². The molecular weight excluding hydrogens is 528 g/mol. The molecule has 0 atom stereocenters. The SMILES string of the molecule is CCOC(=O)C1(c2ccc(NC(=O)COc3ccc(S(=O)(=O)N4CCc5ccccc54)cc3Cl)cc2)CC1. The normalized spacial score (nSPS) is 15.5. The summed E-state index contributed by atoms with van der Waals surface area (Å²) in [6.45, 7) is 2.17. The molecule has 10 heteroatoms. The Morgan fingerprint density at radius 2 is 1.79 bits per heavy atom. The molecule has 8 nitrogen and oxygen atoms in total. The number of para-hydroxylation sites is 1. The van der Waals surface area contributed by atoms with E-state index in [9.17, 15) is 18.0 Å². The zero-order valence-electron chi connectivity index (χ0n) is 20.8. The van der Waals surface area contributed by atoms with Gasteiger partial charge in [-0.3, -0.25) is 13.9 Å². The predicted molar refractivity (Wildman–Crippen MR) is 144 cm³/mol. The zero-order valence-corrected chi connectivity index (χ0v) is 22.3. The van der Waals surface area contributed by atoms with Gasteiger partial charge in [-0.1, -0.05) is 41.9 Å². The Kier molecular flexibility index (Phi) is 7.07. The van der Waals surface area contributed by atoms with Crippen LogP contribution in [-0.2, 0) is 36.2 Å². The van der Waals surface area contributed by atoms with Crippen molar-refractivity contribution in [1.82, 2.24) is 0 Å². The molecule has 1 fully saturated rings. The Bertz CT molecular complexity index is 1490. The minimum absolute atomic E-state index is 0.0485. The van der Waals surface area contributed by atoms with Gasteiger partial charge in [-0.15, -0.1) is 0 Å². The highest BCUT2D eigenvalue weighted by Gasteiger charge is 2.52. The van der Waals surface area contributed by atoms with E-state index in [4.69, 9.17) is 21.1 Å². The third-order valence-corrected chi connectivity index (χ3v) is 8.94. The number of ether oxygens (including phenoxy) is 2. The summed E-state index contributed by atoms with van der Waals surface area (Å²) >= 11 is 6.32. The van der Waals surface area contributed by atoms with E-state index in [1.54, 1.807) is 25.1 Å². The van der Waals surface area contributed by atoms with Crippen molar-refractivity contribution < 1.29 is 27.5 Å². The van der Waals surface area contributed by atoms with Crippen molar-refractivity contribution in [3.63, 3.8) is 0 Å². The number of nitrogens with zero attached hydrogens (tertiary/aromatic N) is 1. The number of anilines is 2. The van der Waals surface area contributed by atoms with Gasteiger partial charge in [0, 0.05) is 12.2 Å². The van der Waals surface area contributed by atoms with Crippen LogP contribution in [0.2, 0.25) is 5.02 Å². The quantitative estimate of drug-likeness (QED) is 0.385. The second-order valence-electron chi connectivity index (χ2n) is 9.26. The predicted octanol–water partition coefficient (Wildman–Crippen LogP) is 4.70. The maximum Gasteiger partial charge on any atom is 0.316 e. The van der Waals surface area contributed by atoms with E-state index in [1.807, 2.05) is 30.3 Å². The van der Waals surface area contributed by atoms with E-state index in [-0.39, 0.29) is 28.2 Å². The average molecular weight is 555 g/mol. The summed E-state index contributed by atoms with van der Waals surface area (Å²) in [6, 6.07) is 18.7. The number of esters is 1. The van der Waals surface area contributed by atoms with Crippen molar-refractivity contribution in [3.05, 3.63) is 82.9 Å². The standard InChI is InChI=1S/C28H27ClN2O6S/c1-2-36-27(33)28(14-15-28)20-7-9-21(10-8-20)30-26(32)18-37-25-12-11-22(17-23(25)29)38(34,35)31-16-13-19-5-3-4-6-24(19)31/h3-12,17H,2,13-16,18H2,1H3,(H,30,32). The van der Waals surface area contributed by atoms with Crippen molar-refractivity contribution in [2.75, 3.05) is 29.4 Å². The number of carbonyl (C=O) groups is 2. The third kappa shape index (κ3) is 4.96. The van der Waals surface area contributed by atoms with Gasteiger partial charge in [-0.2, -0.15) is 0 Å². The molecule has 0 unspecified atom stereocenters. The molecule has 1 aliphatic heterocycles. The number of hydrogen-bond acceptors (Lipinski definition) is 6. The first-order valence-corrected chi connectivity index (χ1v) is 14.2. The minimum Gasteiger partial charge on any atom is -0.482 e. The molecular formula is C28H27ClN2O6S. The lowest BCUT2D eigenvalue weighted by Crippen LogP contribution is -2.29. The van der Waals surface area contributed by atoms with Crippen LogP contribution >= 0.6 is 11.6 Å². The molecule has 1 saturated carbocycles. The fourth-order valence-corrected chi connectivity index (χ4v) is 6.49. The second-order valence-corrected chi connectivity index (χ2v) is 11.5. The number of amides is 1. The second kappa shape index (κ2) is 10.3. The molecule has 0 radical (unpaired) electrons. The van der Waals surface area contributed by atoms with Gasteiger partial charge in [0.25, 0.3) is 15.9 Å². The molecule has 3 aromatic carbocycles. The number of sulfonamides is 1. The monoisotopic (exact) mass is 554 g/mol. The van der Waals surface area contributed by atoms with Crippen LogP contribution in [0.4, 0.5) is 11.4 Å². The highest BCUT2D eigenvalue weighted by atomic mass is 35.5. The maximum absolute atomic E-state index is 13.2. The number of hydrogen-bond donors (Lipinski definition) is 1. The molecule has 5 rings (SSSR count). The fraction of sp³-hybridized carbons (Fsp3) is 0.286. The third-order valence-electron chi connectivity index (χ3n) is 6.83. The summed E-state index contributed by atoms with van der Waals surface area (Å²) in [5, 5.41) is 2.83. The smallest absolute Gasteiger partial charge is 0.316 e. The van der Waals surface area contributed by atoms with Crippen LogP contribution in [0.15, 0.2) is 71.6 Å². The highest BCUT2D eigenvalue weighted by molar-refractivity contribution is 7.92. The van der Waals surface area contributed by atoms with Gasteiger partial charge in [0.05, 0.1) is 27.6 Å². The van der Waals surface area contributed by atoms with E-state index in [1.165, 1.54) is 22.5 Å². The highest BCUT2D eigenvalue weighted by Crippen LogP contribution is 2.49. The molecule has 1 N–H and O–H groups in total. The van der Waals surface area contributed by atoms with Gasteiger partial charge in [0.1, 0.15) is 5.75 Å². The van der Waals surface area contributed by atoms with E-state index >= 15 is 0 Å². The molecule has 198 valence electrons. The van der Waals surface area contributed by atoms with Crippen LogP contribution in [0, 0.1) is 0 Å². The Morgan fingerprint density at radius 1 is 1.05 bits per heavy atom. The van der Waals surface area contributed by atoms with E-state index in [0.29, 0.717) is 30.9 Å². The van der Waals surface area contributed by atoms with Crippen LogP contribution in [0.3, 0.4) is 0 Å². The van der Waals surface area contributed by atoms with Gasteiger partial charge < -0.3 is 14.8 Å². The number of carbonyl (C=O) groups excluding carboxylic acids is 2. The van der Waals surface area contributed by atoms with Crippen molar-refractivity contribution in [1.29, 1.82) is 0 Å². The molecule has 38 heavy (non-hydrogen) atoms. The van der Waals surface area contributed by atoms with Gasteiger partial charge in [0.15, 0.2) is 6.61 Å². The van der Waals surface area contributed by atoms with Crippen LogP contribution in [0.5, 0.6) is 5.75 Å². The minimum atomic E-state index is -3.80.